The Balaban J connectivity index is 1.66. The van der Waals surface area contributed by atoms with Crippen molar-refractivity contribution in [2.45, 2.75) is 38.6 Å². The number of carboxylic acid groups (broad SMARTS) is 1. The van der Waals surface area contributed by atoms with Gasteiger partial charge in [0.1, 0.15) is 0 Å². The highest BCUT2D eigenvalue weighted by molar-refractivity contribution is 5.84. The van der Waals surface area contributed by atoms with Gasteiger partial charge >= 0.3 is 5.97 Å². The molecule has 0 radical (unpaired) electrons. The molecular formula is C13H19NO3. The molecule has 94 valence electrons. The van der Waals surface area contributed by atoms with Gasteiger partial charge < -0.3 is 10.0 Å². The second kappa shape index (κ2) is 3.72. The van der Waals surface area contributed by atoms with E-state index in [9.17, 15) is 9.59 Å². The van der Waals surface area contributed by atoms with E-state index in [1.807, 2.05) is 11.8 Å². The van der Waals surface area contributed by atoms with Crippen LogP contribution in [0, 0.1) is 23.7 Å². The van der Waals surface area contributed by atoms with Gasteiger partial charge in [-0.15, -0.1) is 0 Å². The Bertz CT molecular complexity index is 358. The third-order valence-electron chi connectivity index (χ3n) is 5.05. The predicted octanol–water partition coefficient (Wildman–Crippen LogP) is 1.35. The molecular weight excluding hydrogens is 218 g/mol. The van der Waals surface area contributed by atoms with Crippen molar-refractivity contribution in [3.63, 3.8) is 0 Å². The number of carboxylic acids is 1. The lowest BCUT2D eigenvalue weighted by Crippen LogP contribution is -2.39. The Hall–Kier alpha value is -1.06. The Labute approximate surface area is 101 Å². The summed E-state index contributed by atoms with van der Waals surface area (Å²) in [7, 11) is 0. The molecule has 0 spiro atoms. The number of hydrogen-bond acceptors (Lipinski definition) is 2. The van der Waals surface area contributed by atoms with E-state index in [2.05, 4.69) is 0 Å². The van der Waals surface area contributed by atoms with Crippen LogP contribution >= 0.6 is 0 Å². The molecule has 3 fully saturated rings. The van der Waals surface area contributed by atoms with Crippen LogP contribution in [0.2, 0.25) is 0 Å². The van der Waals surface area contributed by atoms with Crippen molar-refractivity contribution in [2.75, 3.05) is 6.54 Å². The van der Waals surface area contributed by atoms with Gasteiger partial charge in [-0.2, -0.15) is 0 Å². The Morgan fingerprint density at radius 2 is 1.82 bits per heavy atom. The zero-order valence-corrected chi connectivity index (χ0v) is 10.1. The Morgan fingerprint density at radius 1 is 1.18 bits per heavy atom. The molecule has 0 aromatic rings. The van der Waals surface area contributed by atoms with Gasteiger partial charge in [0.25, 0.3) is 0 Å². The lowest BCUT2D eigenvalue weighted by Gasteiger charge is -2.24. The van der Waals surface area contributed by atoms with E-state index in [1.165, 1.54) is 19.3 Å². The molecule has 4 heteroatoms. The fourth-order valence-corrected chi connectivity index (χ4v) is 3.96. The average Bonchev–Trinajstić information content (AvgIpc) is 2.65. The van der Waals surface area contributed by atoms with Gasteiger partial charge in [0.05, 0.1) is 5.92 Å². The van der Waals surface area contributed by atoms with Gasteiger partial charge in [0.15, 0.2) is 0 Å². The van der Waals surface area contributed by atoms with E-state index in [4.69, 9.17) is 5.11 Å². The SMILES string of the molecule is CC1C(C(=O)O)CCN1C(=O)C1C2CCCC21. The number of rotatable bonds is 2. The van der Waals surface area contributed by atoms with Gasteiger partial charge in [0, 0.05) is 18.5 Å². The Morgan fingerprint density at radius 3 is 2.35 bits per heavy atom. The lowest BCUT2D eigenvalue weighted by molar-refractivity contribution is -0.143. The molecule has 2 saturated carbocycles. The molecule has 17 heavy (non-hydrogen) atoms. The van der Waals surface area contributed by atoms with Crippen molar-refractivity contribution in [3.8, 4) is 0 Å². The molecule has 2 aliphatic carbocycles. The molecule has 1 heterocycles. The molecule has 4 unspecified atom stereocenters. The summed E-state index contributed by atoms with van der Waals surface area (Å²) in [5.41, 5.74) is 0. The molecule has 3 aliphatic rings. The lowest BCUT2D eigenvalue weighted by atomic mass is 10.0. The number of carbonyl (C=O) groups excluding carboxylic acids is 1. The third kappa shape index (κ3) is 1.57. The summed E-state index contributed by atoms with van der Waals surface area (Å²) >= 11 is 0. The van der Waals surface area contributed by atoms with E-state index in [0.29, 0.717) is 24.8 Å². The molecule has 1 saturated heterocycles. The van der Waals surface area contributed by atoms with Crippen molar-refractivity contribution in [1.29, 1.82) is 0 Å². The van der Waals surface area contributed by atoms with Crippen LogP contribution in [0.4, 0.5) is 0 Å². The maximum absolute atomic E-state index is 12.3. The van der Waals surface area contributed by atoms with Crippen LogP contribution in [-0.4, -0.2) is 34.5 Å². The number of fused-ring (bicyclic) bond motifs is 1. The van der Waals surface area contributed by atoms with Crippen molar-refractivity contribution >= 4 is 11.9 Å². The second-order valence-corrected chi connectivity index (χ2v) is 5.79. The van der Waals surface area contributed by atoms with Gasteiger partial charge in [-0.25, -0.2) is 0 Å². The highest BCUT2D eigenvalue weighted by Crippen LogP contribution is 2.58. The fraction of sp³-hybridized carbons (Fsp3) is 0.846. The fourth-order valence-electron chi connectivity index (χ4n) is 3.96. The number of carbonyl (C=O) groups is 2. The predicted molar refractivity (Wildman–Crippen MR) is 61.2 cm³/mol. The molecule has 0 bridgehead atoms. The molecule has 1 aliphatic heterocycles. The Kier molecular flexibility index (Phi) is 2.42. The number of amides is 1. The molecule has 0 aromatic heterocycles. The third-order valence-corrected chi connectivity index (χ3v) is 5.05. The first-order chi connectivity index (χ1) is 8.11. The van der Waals surface area contributed by atoms with Gasteiger partial charge in [-0.05, 0) is 38.0 Å². The second-order valence-electron chi connectivity index (χ2n) is 5.79. The topological polar surface area (TPSA) is 57.6 Å². The number of likely N-dealkylation sites (tertiary alicyclic amines) is 1. The summed E-state index contributed by atoms with van der Waals surface area (Å²) in [4.78, 5) is 25.2. The highest BCUT2D eigenvalue weighted by Gasteiger charge is 2.58. The number of hydrogen-bond donors (Lipinski definition) is 1. The summed E-state index contributed by atoms with van der Waals surface area (Å²) in [5, 5.41) is 9.06. The summed E-state index contributed by atoms with van der Waals surface area (Å²) in [5.74, 6) is 0.591. The van der Waals surface area contributed by atoms with Crippen LogP contribution in [0.25, 0.3) is 0 Å². The smallest absolute Gasteiger partial charge is 0.308 e. The highest BCUT2D eigenvalue weighted by atomic mass is 16.4. The van der Waals surface area contributed by atoms with Crippen LogP contribution in [0.5, 0.6) is 0 Å². The van der Waals surface area contributed by atoms with Crippen LogP contribution in [-0.2, 0) is 9.59 Å². The average molecular weight is 237 g/mol. The summed E-state index contributed by atoms with van der Waals surface area (Å²) in [6.45, 7) is 2.51. The van der Waals surface area contributed by atoms with Crippen molar-refractivity contribution in [3.05, 3.63) is 0 Å². The maximum Gasteiger partial charge on any atom is 0.308 e. The number of nitrogens with zero attached hydrogens (tertiary/aromatic N) is 1. The van der Waals surface area contributed by atoms with Crippen molar-refractivity contribution in [1.82, 2.24) is 4.90 Å². The van der Waals surface area contributed by atoms with Gasteiger partial charge in [0.2, 0.25) is 5.91 Å². The normalized spacial score (nSPS) is 43.6. The van der Waals surface area contributed by atoms with E-state index in [0.717, 1.165) is 0 Å². The largest absolute Gasteiger partial charge is 0.481 e. The zero-order chi connectivity index (χ0) is 12.2. The molecule has 3 rings (SSSR count). The first-order valence-electron chi connectivity index (χ1n) is 6.64. The van der Waals surface area contributed by atoms with E-state index < -0.39 is 5.97 Å². The summed E-state index contributed by atoms with van der Waals surface area (Å²) < 4.78 is 0. The minimum absolute atomic E-state index is 0.124. The summed E-state index contributed by atoms with van der Waals surface area (Å²) in [6, 6.07) is -0.124. The van der Waals surface area contributed by atoms with Crippen molar-refractivity contribution in [2.24, 2.45) is 23.7 Å². The van der Waals surface area contributed by atoms with E-state index in [1.54, 1.807) is 0 Å². The minimum atomic E-state index is -0.760. The van der Waals surface area contributed by atoms with Crippen molar-refractivity contribution < 1.29 is 14.7 Å². The quantitative estimate of drug-likeness (QED) is 0.788. The van der Waals surface area contributed by atoms with Crippen LogP contribution in [0.3, 0.4) is 0 Å². The standard InChI is InChI=1S/C13H19NO3/c1-7-8(13(16)17)5-6-14(7)12(15)11-9-3-2-4-10(9)11/h7-11H,2-6H2,1H3,(H,16,17). The van der Waals surface area contributed by atoms with Crippen LogP contribution < -0.4 is 0 Å². The van der Waals surface area contributed by atoms with Gasteiger partial charge in [-0.3, -0.25) is 9.59 Å². The van der Waals surface area contributed by atoms with Gasteiger partial charge in [-0.1, -0.05) is 6.42 Å². The molecule has 0 aromatic carbocycles. The van der Waals surface area contributed by atoms with Crippen LogP contribution in [0.1, 0.15) is 32.6 Å². The zero-order valence-electron chi connectivity index (χ0n) is 10.1. The molecule has 1 N–H and O–H groups in total. The van der Waals surface area contributed by atoms with Crippen LogP contribution in [0.15, 0.2) is 0 Å². The maximum atomic E-state index is 12.3. The molecule has 4 atom stereocenters. The summed E-state index contributed by atoms with van der Waals surface area (Å²) in [6.07, 6.45) is 4.29. The monoisotopic (exact) mass is 237 g/mol. The molecule has 4 nitrogen and oxygen atoms in total. The molecule has 1 amide bonds. The van der Waals surface area contributed by atoms with E-state index >= 15 is 0 Å². The first-order valence-corrected chi connectivity index (χ1v) is 6.64. The first kappa shape index (κ1) is 11.1. The van der Waals surface area contributed by atoms with E-state index in [-0.39, 0.29) is 23.8 Å². The minimum Gasteiger partial charge on any atom is -0.481 e. The number of aliphatic carboxylic acids is 1.